The highest BCUT2D eigenvalue weighted by Gasteiger charge is 2.15. The lowest BCUT2D eigenvalue weighted by Gasteiger charge is -2.34. The van der Waals surface area contributed by atoms with E-state index in [1.807, 2.05) is 12.1 Å². The van der Waals surface area contributed by atoms with Crippen molar-refractivity contribution >= 4 is 5.69 Å². The van der Waals surface area contributed by atoms with Gasteiger partial charge in [-0.3, -0.25) is 0 Å². The topological polar surface area (TPSA) is 30.3 Å². The molecule has 1 aromatic rings. The fourth-order valence-electron chi connectivity index (χ4n) is 2.13. The van der Waals surface area contributed by atoms with Crippen LogP contribution < -0.4 is 4.90 Å². The number of piperazine rings is 1. The van der Waals surface area contributed by atoms with Crippen LogP contribution in [-0.2, 0) is 0 Å². The fourth-order valence-corrected chi connectivity index (χ4v) is 2.13. The van der Waals surface area contributed by atoms with Gasteiger partial charge < -0.3 is 9.80 Å². The molecule has 3 heteroatoms. The van der Waals surface area contributed by atoms with Gasteiger partial charge in [-0.1, -0.05) is 0 Å². The van der Waals surface area contributed by atoms with E-state index in [2.05, 4.69) is 35.9 Å². The highest BCUT2D eigenvalue weighted by molar-refractivity contribution is 5.56. The number of hydrogen-bond acceptors (Lipinski definition) is 3. The Labute approximate surface area is 96.9 Å². The van der Waals surface area contributed by atoms with Gasteiger partial charge >= 0.3 is 0 Å². The molecule has 0 spiro atoms. The summed E-state index contributed by atoms with van der Waals surface area (Å²) in [6.45, 7) is 6.44. The van der Waals surface area contributed by atoms with E-state index in [4.69, 9.17) is 5.26 Å². The predicted octanol–water partition coefficient (Wildman–Crippen LogP) is 1.62. The summed E-state index contributed by atoms with van der Waals surface area (Å²) in [6, 6.07) is 8.12. The summed E-state index contributed by atoms with van der Waals surface area (Å²) in [4.78, 5) is 4.74. The lowest BCUT2D eigenvalue weighted by molar-refractivity contribution is 0.312. The molecule has 1 heterocycles. The highest BCUT2D eigenvalue weighted by atomic mass is 15.2. The van der Waals surface area contributed by atoms with E-state index in [9.17, 15) is 0 Å². The molecule has 0 aliphatic carbocycles. The second kappa shape index (κ2) is 4.54. The van der Waals surface area contributed by atoms with Crippen molar-refractivity contribution in [2.24, 2.45) is 0 Å². The quantitative estimate of drug-likeness (QED) is 0.713. The minimum atomic E-state index is 0.746. The monoisotopic (exact) mass is 215 g/mol. The van der Waals surface area contributed by atoms with E-state index in [0.717, 1.165) is 31.7 Å². The lowest BCUT2D eigenvalue weighted by atomic mass is 10.1. The smallest absolute Gasteiger partial charge is 0.0991 e. The average molecular weight is 215 g/mol. The van der Waals surface area contributed by atoms with Crippen LogP contribution in [0.15, 0.2) is 18.2 Å². The number of anilines is 1. The summed E-state index contributed by atoms with van der Waals surface area (Å²) in [6.07, 6.45) is 0. The summed E-state index contributed by atoms with van der Waals surface area (Å²) in [7, 11) is 2.16. The maximum Gasteiger partial charge on any atom is 0.0991 e. The van der Waals surface area contributed by atoms with Crippen molar-refractivity contribution in [2.45, 2.75) is 6.92 Å². The summed E-state index contributed by atoms with van der Waals surface area (Å²) in [5.74, 6) is 0. The Morgan fingerprint density at radius 3 is 2.44 bits per heavy atom. The van der Waals surface area contributed by atoms with E-state index in [1.165, 1.54) is 11.3 Å². The van der Waals surface area contributed by atoms with Crippen LogP contribution in [0, 0.1) is 18.3 Å². The molecule has 0 radical (unpaired) electrons. The van der Waals surface area contributed by atoms with Gasteiger partial charge in [0.05, 0.1) is 11.6 Å². The van der Waals surface area contributed by atoms with E-state index < -0.39 is 0 Å². The molecule has 16 heavy (non-hydrogen) atoms. The van der Waals surface area contributed by atoms with Gasteiger partial charge in [0.25, 0.3) is 0 Å². The van der Waals surface area contributed by atoms with Crippen LogP contribution in [-0.4, -0.2) is 38.1 Å². The number of likely N-dealkylation sites (N-methyl/N-ethyl adjacent to an activating group) is 1. The van der Waals surface area contributed by atoms with Crippen molar-refractivity contribution in [1.29, 1.82) is 5.26 Å². The van der Waals surface area contributed by atoms with Crippen LogP contribution in [0.1, 0.15) is 11.1 Å². The molecule has 0 unspecified atom stereocenters. The molecule has 0 atom stereocenters. The zero-order chi connectivity index (χ0) is 11.5. The fraction of sp³-hybridized carbons (Fsp3) is 0.462. The summed E-state index contributed by atoms with van der Waals surface area (Å²) >= 11 is 0. The van der Waals surface area contributed by atoms with E-state index in [-0.39, 0.29) is 0 Å². The molecule has 1 fully saturated rings. The van der Waals surface area contributed by atoms with Crippen LogP contribution in [0.2, 0.25) is 0 Å². The number of benzene rings is 1. The van der Waals surface area contributed by atoms with Gasteiger partial charge in [-0.05, 0) is 37.7 Å². The van der Waals surface area contributed by atoms with Crippen molar-refractivity contribution in [1.82, 2.24) is 4.90 Å². The molecule has 0 aromatic heterocycles. The summed E-state index contributed by atoms with van der Waals surface area (Å²) in [5.41, 5.74) is 3.21. The second-order valence-corrected chi connectivity index (χ2v) is 4.40. The first-order valence-electron chi connectivity index (χ1n) is 5.65. The first kappa shape index (κ1) is 11.0. The minimum absolute atomic E-state index is 0.746. The van der Waals surface area contributed by atoms with Crippen molar-refractivity contribution in [3.8, 4) is 6.07 Å². The lowest BCUT2D eigenvalue weighted by Crippen LogP contribution is -2.44. The highest BCUT2D eigenvalue weighted by Crippen LogP contribution is 2.22. The summed E-state index contributed by atoms with van der Waals surface area (Å²) in [5, 5.41) is 8.83. The van der Waals surface area contributed by atoms with Crippen LogP contribution in [0.5, 0.6) is 0 Å². The number of nitriles is 1. The minimum Gasteiger partial charge on any atom is -0.369 e. The molecule has 0 saturated carbocycles. The van der Waals surface area contributed by atoms with E-state index in [0.29, 0.717) is 0 Å². The largest absolute Gasteiger partial charge is 0.369 e. The Balaban J connectivity index is 2.18. The maximum atomic E-state index is 8.83. The third-order valence-corrected chi connectivity index (χ3v) is 3.17. The first-order chi connectivity index (χ1) is 7.70. The van der Waals surface area contributed by atoms with Crippen LogP contribution in [0.4, 0.5) is 5.69 Å². The normalized spacial score (nSPS) is 17.2. The molecule has 1 saturated heterocycles. The Morgan fingerprint density at radius 2 is 1.88 bits per heavy atom. The van der Waals surface area contributed by atoms with E-state index in [1.54, 1.807) is 0 Å². The molecule has 1 aliphatic heterocycles. The Kier molecular flexibility index (Phi) is 3.12. The average Bonchev–Trinajstić information content (AvgIpc) is 2.30. The van der Waals surface area contributed by atoms with Gasteiger partial charge in [-0.2, -0.15) is 5.26 Å². The van der Waals surface area contributed by atoms with Crippen LogP contribution in [0.3, 0.4) is 0 Å². The molecule has 2 rings (SSSR count). The Bertz CT molecular complexity index is 412. The molecule has 84 valence electrons. The van der Waals surface area contributed by atoms with Gasteiger partial charge in [0, 0.05) is 31.9 Å². The molecule has 3 nitrogen and oxygen atoms in total. The van der Waals surface area contributed by atoms with E-state index >= 15 is 0 Å². The van der Waals surface area contributed by atoms with Gasteiger partial charge in [0.1, 0.15) is 0 Å². The van der Waals surface area contributed by atoms with Gasteiger partial charge in [0.2, 0.25) is 0 Å². The standard InChI is InChI=1S/C13H17N3/c1-11-9-12(10-14)3-4-13(11)16-7-5-15(2)6-8-16/h3-4,9H,5-8H2,1-2H3. The number of aryl methyl sites for hydroxylation is 1. The Morgan fingerprint density at radius 1 is 1.19 bits per heavy atom. The molecule has 1 aliphatic rings. The molecule has 0 N–H and O–H groups in total. The zero-order valence-electron chi connectivity index (χ0n) is 9.90. The predicted molar refractivity (Wildman–Crippen MR) is 65.6 cm³/mol. The zero-order valence-corrected chi connectivity index (χ0v) is 9.90. The number of hydrogen-bond donors (Lipinski definition) is 0. The van der Waals surface area contributed by atoms with Crippen LogP contribution >= 0.6 is 0 Å². The van der Waals surface area contributed by atoms with Crippen molar-refractivity contribution < 1.29 is 0 Å². The molecular weight excluding hydrogens is 198 g/mol. The van der Waals surface area contributed by atoms with Gasteiger partial charge in [-0.25, -0.2) is 0 Å². The third-order valence-electron chi connectivity index (χ3n) is 3.17. The molecular formula is C13H17N3. The molecule has 0 amide bonds. The SMILES string of the molecule is Cc1cc(C#N)ccc1N1CCN(C)CC1. The Hall–Kier alpha value is -1.53. The first-order valence-corrected chi connectivity index (χ1v) is 5.65. The summed E-state index contributed by atoms with van der Waals surface area (Å²) < 4.78 is 0. The third kappa shape index (κ3) is 2.17. The van der Waals surface area contributed by atoms with Crippen molar-refractivity contribution in [2.75, 3.05) is 38.1 Å². The number of nitrogens with zero attached hydrogens (tertiary/aromatic N) is 3. The molecule has 0 bridgehead atoms. The maximum absolute atomic E-state index is 8.83. The second-order valence-electron chi connectivity index (χ2n) is 4.40. The van der Waals surface area contributed by atoms with Gasteiger partial charge in [-0.15, -0.1) is 0 Å². The van der Waals surface area contributed by atoms with Gasteiger partial charge in [0.15, 0.2) is 0 Å². The van der Waals surface area contributed by atoms with Crippen molar-refractivity contribution in [3.63, 3.8) is 0 Å². The van der Waals surface area contributed by atoms with Crippen LogP contribution in [0.25, 0.3) is 0 Å². The van der Waals surface area contributed by atoms with Crippen molar-refractivity contribution in [3.05, 3.63) is 29.3 Å². The molecule has 1 aromatic carbocycles. The number of rotatable bonds is 1.